The fourth-order valence-corrected chi connectivity index (χ4v) is 2.19. The molecule has 1 aromatic heterocycles. The molecule has 1 heterocycles. The number of aromatic nitrogens is 1. The van der Waals surface area contributed by atoms with E-state index >= 15 is 0 Å². The van der Waals surface area contributed by atoms with Gasteiger partial charge in [0.2, 0.25) is 5.91 Å². The molecule has 0 spiro atoms. The second-order valence-electron chi connectivity index (χ2n) is 5.18. The van der Waals surface area contributed by atoms with E-state index in [1.54, 1.807) is 0 Å². The van der Waals surface area contributed by atoms with Crippen LogP contribution in [0, 0.1) is 0 Å². The van der Waals surface area contributed by atoms with Gasteiger partial charge in [-0.1, -0.05) is 26.7 Å². The minimum atomic E-state index is -0.423. The molecule has 1 rings (SSSR count). The third-order valence-corrected chi connectivity index (χ3v) is 3.18. The lowest BCUT2D eigenvalue weighted by atomic mass is 10.1. The van der Waals surface area contributed by atoms with Gasteiger partial charge in [-0.15, -0.1) is 0 Å². The molecule has 2 atom stereocenters. The Balaban J connectivity index is 2.47. The number of carbonyl (C=O) groups excluding carboxylic acids is 1. The Bertz CT molecular complexity index is 387. The smallest absolute Gasteiger partial charge is 0.240 e. The summed E-state index contributed by atoms with van der Waals surface area (Å²) in [5, 5.41) is 12.8. The Morgan fingerprint density at radius 3 is 2.68 bits per heavy atom. The largest absolute Gasteiger partial charge is 0.388 e. The van der Waals surface area contributed by atoms with Crippen molar-refractivity contribution in [3.63, 3.8) is 0 Å². The molecular weight excluding hydrogens is 240 g/mol. The summed E-state index contributed by atoms with van der Waals surface area (Å²) >= 11 is 0. The molecule has 0 aromatic carbocycles. The van der Waals surface area contributed by atoms with Gasteiger partial charge in [0, 0.05) is 18.4 Å². The molecule has 1 amide bonds. The maximum Gasteiger partial charge on any atom is 0.240 e. The van der Waals surface area contributed by atoms with Crippen molar-refractivity contribution in [2.45, 2.75) is 65.1 Å². The van der Waals surface area contributed by atoms with Crippen LogP contribution in [0.25, 0.3) is 0 Å². The van der Waals surface area contributed by atoms with Gasteiger partial charge >= 0.3 is 0 Å². The SMILES string of the molecule is CCCC(C)NC(=O)Cn1ccc(C(O)CCC)c1. The zero-order valence-corrected chi connectivity index (χ0v) is 12.2. The molecule has 108 valence electrons. The third kappa shape index (κ3) is 5.47. The summed E-state index contributed by atoms with van der Waals surface area (Å²) in [5.74, 6) is 0.0214. The van der Waals surface area contributed by atoms with Crippen molar-refractivity contribution >= 4 is 5.91 Å². The number of hydrogen-bond acceptors (Lipinski definition) is 2. The first-order valence-corrected chi connectivity index (χ1v) is 7.19. The number of aliphatic hydroxyl groups is 1. The lowest BCUT2D eigenvalue weighted by molar-refractivity contribution is -0.122. The lowest BCUT2D eigenvalue weighted by Gasteiger charge is -2.13. The summed E-state index contributed by atoms with van der Waals surface area (Å²) in [7, 11) is 0. The first-order valence-electron chi connectivity index (χ1n) is 7.19. The van der Waals surface area contributed by atoms with E-state index in [-0.39, 0.29) is 11.9 Å². The highest BCUT2D eigenvalue weighted by atomic mass is 16.3. The summed E-state index contributed by atoms with van der Waals surface area (Å²) < 4.78 is 1.82. The maximum absolute atomic E-state index is 11.8. The quantitative estimate of drug-likeness (QED) is 0.760. The summed E-state index contributed by atoms with van der Waals surface area (Å²) in [6.45, 7) is 6.49. The number of aliphatic hydroxyl groups excluding tert-OH is 1. The van der Waals surface area contributed by atoms with Crippen molar-refractivity contribution in [2.75, 3.05) is 0 Å². The predicted molar refractivity (Wildman–Crippen MR) is 76.8 cm³/mol. The number of nitrogens with one attached hydrogen (secondary N) is 1. The van der Waals surface area contributed by atoms with Gasteiger partial charge in [0.25, 0.3) is 0 Å². The van der Waals surface area contributed by atoms with Gasteiger partial charge in [0.15, 0.2) is 0 Å². The third-order valence-electron chi connectivity index (χ3n) is 3.18. The van der Waals surface area contributed by atoms with Crippen molar-refractivity contribution < 1.29 is 9.90 Å². The van der Waals surface area contributed by atoms with Crippen LogP contribution in [0.2, 0.25) is 0 Å². The molecule has 19 heavy (non-hydrogen) atoms. The van der Waals surface area contributed by atoms with E-state index in [0.29, 0.717) is 6.54 Å². The fourth-order valence-electron chi connectivity index (χ4n) is 2.19. The van der Waals surface area contributed by atoms with Gasteiger partial charge < -0.3 is 15.0 Å². The number of amides is 1. The Hall–Kier alpha value is -1.29. The zero-order chi connectivity index (χ0) is 14.3. The van der Waals surface area contributed by atoms with Crippen LogP contribution in [0.15, 0.2) is 18.5 Å². The summed E-state index contributed by atoms with van der Waals surface area (Å²) in [4.78, 5) is 11.8. The van der Waals surface area contributed by atoms with Crippen molar-refractivity contribution in [2.24, 2.45) is 0 Å². The van der Waals surface area contributed by atoms with Crippen LogP contribution in [0.5, 0.6) is 0 Å². The minimum Gasteiger partial charge on any atom is -0.388 e. The van der Waals surface area contributed by atoms with Crippen LogP contribution < -0.4 is 5.32 Å². The molecule has 0 saturated heterocycles. The highest BCUT2D eigenvalue weighted by Gasteiger charge is 2.10. The van der Waals surface area contributed by atoms with Gasteiger partial charge in [0.1, 0.15) is 6.54 Å². The molecule has 0 aliphatic carbocycles. The highest BCUT2D eigenvalue weighted by molar-refractivity contribution is 5.76. The van der Waals surface area contributed by atoms with Gasteiger partial charge in [0.05, 0.1) is 6.10 Å². The lowest BCUT2D eigenvalue weighted by Crippen LogP contribution is -2.34. The molecule has 0 radical (unpaired) electrons. The molecule has 0 aliphatic heterocycles. The minimum absolute atomic E-state index is 0.0214. The van der Waals surface area contributed by atoms with E-state index in [0.717, 1.165) is 31.2 Å². The van der Waals surface area contributed by atoms with Crippen LogP contribution in [0.3, 0.4) is 0 Å². The molecular formula is C15H26N2O2. The molecule has 0 saturated carbocycles. The van der Waals surface area contributed by atoms with Crippen LogP contribution >= 0.6 is 0 Å². The van der Waals surface area contributed by atoms with Crippen molar-refractivity contribution in [3.05, 3.63) is 24.0 Å². The van der Waals surface area contributed by atoms with Crippen LogP contribution in [0.1, 0.15) is 58.1 Å². The number of carbonyl (C=O) groups is 1. The van der Waals surface area contributed by atoms with Gasteiger partial charge in [-0.05, 0) is 31.4 Å². The van der Waals surface area contributed by atoms with E-state index in [1.807, 2.05) is 36.9 Å². The highest BCUT2D eigenvalue weighted by Crippen LogP contribution is 2.18. The van der Waals surface area contributed by atoms with Gasteiger partial charge in [-0.25, -0.2) is 0 Å². The van der Waals surface area contributed by atoms with E-state index in [4.69, 9.17) is 0 Å². The van der Waals surface area contributed by atoms with E-state index in [9.17, 15) is 9.90 Å². The summed E-state index contributed by atoms with van der Waals surface area (Å²) in [6.07, 6.45) is 7.04. The first-order chi connectivity index (χ1) is 9.06. The molecule has 4 nitrogen and oxygen atoms in total. The van der Waals surface area contributed by atoms with E-state index in [1.165, 1.54) is 0 Å². The second kappa shape index (κ2) is 8.00. The van der Waals surface area contributed by atoms with Crippen molar-refractivity contribution in [1.29, 1.82) is 0 Å². The van der Waals surface area contributed by atoms with Crippen molar-refractivity contribution in [3.8, 4) is 0 Å². The predicted octanol–water partition coefficient (Wildman–Crippen LogP) is 2.63. The van der Waals surface area contributed by atoms with E-state index < -0.39 is 6.10 Å². The monoisotopic (exact) mass is 266 g/mol. The summed E-state index contributed by atoms with van der Waals surface area (Å²) in [6, 6.07) is 2.10. The Labute approximate surface area is 115 Å². The standard InChI is InChI=1S/C15H26N2O2/c1-4-6-12(3)16-15(19)11-17-9-8-13(10-17)14(18)7-5-2/h8-10,12,14,18H,4-7,11H2,1-3H3,(H,16,19). The van der Waals surface area contributed by atoms with Gasteiger partial charge in [-0.3, -0.25) is 4.79 Å². The van der Waals surface area contributed by atoms with Crippen LogP contribution in [0.4, 0.5) is 0 Å². The Morgan fingerprint density at radius 2 is 2.05 bits per heavy atom. The molecule has 2 N–H and O–H groups in total. The topological polar surface area (TPSA) is 54.3 Å². The number of nitrogens with zero attached hydrogens (tertiary/aromatic N) is 1. The van der Waals surface area contributed by atoms with Gasteiger partial charge in [-0.2, -0.15) is 0 Å². The zero-order valence-electron chi connectivity index (χ0n) is 12.2. The maximum atomic E-state index is 11.8. The molecule has 1 aromatic rings. The second-order valence-corrected chi connectivity index (χ2v) is 5.18. The fraction of sp³-hybridized carbons (Fsp3) is 0.667. The molecule has 0 bridgehead atoms. The number of hydrogen-bond donors (Lipinski definition) is 2. The number of rotatable bonds is 8. The average molecular weight is 266 g/mol. The molecule has 4 heteroatoms. The molecule has 2 unspecified atom stereocenters. The van der Waals surface area contributed by atoms with E-state index in [2.05, 4.69) is 12.2 Å². The van der Waals surface area contributed by atoms with Crippen LogP contribution in [-0.2, 0) is 11.3 Å². The van der Waals surface area contributed by atoms with Crippen molar-refractivity contribution in [1.82, 2.24) is 9.88 Å². The Morgan fingerprint density at radius 1 is 1.37 bits per heavy atom. The Kier molecular flexibility index (Phi) is 6.64. The van der Waals surface area contributed by atoms with Crippen LogP contribution in [-0.4, -0.2) is 21.6 Å². The first kappa shape index (κ1) is 15.8. The average Bonchev–Trinajstić information content (AvgIpc) is 2.77. The normalized spacial score (nSPS) is 14.1. The summed E-state index contributed by atoms with van der Waals surface area (Å²) in [5.41, 5.74) is 0.885. The molecule has 0 fully saturated rings. The molecule has 0 aliphatic rings.